The Balaban J connectivity index is 0.000000135. The summed E-state index contributed by atoms with van der Waals surface area (Å²) >= 11 is 0. The minimum atomic E-state index is -4.56. The van der Waals surface area contributed by atoms with Gasteiger partial charge in [0.1, 0.15) is 50.6 Å². The van der Waals surface area contributed by atoms with Gasteiger partial charge in [0.25, 0.3) is 0 Å². The van der Waals surface area contributed by atoms with Crippen molar-refractivity contribution in [2.45, 2.75) is 132 Å². The number of phenols is 1. The number of benzene rings is 3. The number of rotatable bonds is 11. The van der Waals surface area contributed by atoms with E-state index in [0.29, 0.717) is 64.2 Å². The van der Waals surface area contributed by atoms with Crippen LogP contribution in [0, 0.1) is 76.9 Å². The van der Waals surface area contributed by atoms with E-state index in [-0.39, 0.29) is 50.1 Å². The highest BCUT2D eigenvalue weighted by atomic mass is 32.2. The van der Waals surface area contributed by atoms with Gasteiger partial charge in [-0.25, -0.2) is 25.3 Å². The number of hydrogen-bond donors (Lipinski definition) is 1. The fourth-order valence-electron chi connectivity index (χ4n) is 15.9. The van der Waals surface area contributed by atoms with Crippen LogP contribution in [-0.4, -0.2) is 92.5 Å². The topological polar surface area (TPSA) is 297 Å². The molecule has 0 spiro atoms. The van der Waals surface area contributed by atoms with Gasteiger partial charge in [-0.2, -0.15) is 0 Å². The first kappa shape index (κ1) is 52.8. The Hall–Kier alpha value is -4.67. The van der Waals surface area contributed by atoms with Gasteiger partial charge in [-0.15, -0.1) is 0 Å². The molecule has 10 bridgehead atoms. The first-order chi connectivity index (χ1) is 34.7. The molecule has 6 atom stereocenters. The second-order valence-corrected chi connectivity index (χ2v) is 27.7. The lowest BCUT2D eigenvalue weighted by Crippen LogP contribution is -2.52. The Morgan fingerprint density at radius 2 is 1.22 bits per heavy atom. The van der Waals surface area contributed by atoms with Crippen LogP contribution in [0.4, 0.5) is 0 Å². The maximum Gasteiger partial charge on any atom is 0.317 e. The van der Waals surface area contributed by atoms with Crippen molar-refractivity contribution in [2.24, 2.45) is 70.0 Å². The molecule has 402 valence electrons. The van der Waals surface area contributed by atoms with Gasteiger partial charge in [0, 0.05) is 22.6 Å². The quantitative estimate of drug-likeness (QED) is 0.0914. The summed E-state index contributed by atoms with van der Waals surface area (Å²) in [5.74, 6) is -0.529. The number of aryl methyl sites for hydroxylation is 1. The molecule has 6 unspecified atom stereocenters. The normalized spacial score (nSPS) is 34.7. The summed E-state index contributed by atoms with van der Waals surface area (Å²) in [5, 5.41) is 10.1. The summed E-state index contributed by atoms with van der Waals surface area (Å²) in [7, 11) is -13.6. The number of carbonyl (C=O) groups excluding carboxylic acids is 4. The highest BCUT2D eigenvalue weighted by molar-refractivity contribution is 7.86. The van der Waals surface area contributed by atoms with Gasteiger partial charge >= 0.3 is 23.9 Å². The minimum absolute atomic E-state index is 0.0435. The van der Waals surface area contributed by atoms with E-state index in [4.69, 9.17) is 18.9 Å². The fraction of sp³-hybridized carbons (Fsp3) is 0.623. The van der Waals surface area contributed by atoms with Gasteiger partial charge in [-0.05, 0) is 167 Å². The van der Waals surface area contributed by atoms with Gasteiger partial charge in [-0.3, -0.25) is 19.2 Å². The summed E-state index contributed by atoms with van der Waals surface area (Å²) in [6, 6.07) is 11.5. The van der Waals surface area contributed by atoms with Gasteiger partial charge < -0.3 is 37.7 Å². The molecule has 10 aliphatic carbocycles. The second kappa shape index (κ2) is 19.1. The summed E-state index contributed by atoms with van der Waals surface area (Å²) in [6.07, 6.45) is 12.0. The smallest absolute Gasteiger partial charge is 0.317 e. The molecular formula is C53H61O18S3-3. The number of esters is 4. The van der Waals surface area contributed by atoms with Crippen molar-refractivity contribution in [2.75, 3.05) is 12.4 Å². The first-order valence-corrected chi connectivity index (χ1v) is 30.1. The van der Waals surface area contributed by atoms with E-state index in [1.54, 1.807) is 31.2 Å². The zero-order chi connectivity index (χ0) is 53.0. The van der Waals surface area contributed by atoms with E-state index in [2.05, 4.69) is 0 Å². The highest BCUT2D eigenvalue weighted by Gasteiger charge is 2.71. The third-order valence-electron chi connectivity index (χ3n) is 18.1. The number of fused-ring (bicyclic) bond motifs is 2. The molecule has 1 heterocycles. The molecule has 1 N–H and O–H groups in total. The lowest BCUT2D eigenvalue weighted by molar-refractivity contribution is -0.187. The third-order valence-corrected chi connectivity index (χ3v) is 20.7. The summed E-state index contributed by atoms with van der Waals surface area (Å²) in [4.78, 5) is 51.4. The van der Waals surface area contributed by atoms with Crippen LogP contribution in [0.15, 0.2) is 58.3 Å². The van der Waals surface area contributed by atoms with Crippen LogP contribution in [-0.2, 0) is 63.7 Å². The van der Waals surface area contributed by atoms with Gasteiger partial charge in [0.2, 0.25) is 0 Å². The van der Waals surface area contributed by atoms with Crippen LogP contribution in [0.1, 0.15) is 114 Å². The number of ether oxygens (including phenoxy) is 4. The van der Waals surface area contributed by atoms with Crippen molar-refractivity contribution in [1.82, 2.24) is 0 Å². The van der Waals surface area contributed by atoms with E-state index in [1.807, 2.05) is 13.8 Å². The molecule has 74 heavy (non-hydrogen) atoms. The number of phenolic OH excluding ortho intramolecular Hbond substituents is 1. The Labute approximate surface area is 430 Å². The fourth-order valence-corrected chi connectivity index (χ4v) is 17.6. The molecule has 14 rings (SSSR count). The molecular weight excluding hydrogens is 1020 g/mol. The standard InChI is InChI=1S/C22H28O9S.C21H28O5S.C10H8O4S/c23-19(29-1-2-32(26,27)28)15-13-6-14-16(15)20(24)30-17(14)18(13)31-21(25)22-7-10-3-11(8-22)5-12(4-10)9-22;1-12(2)17-8-19(27(23,24)25)13(3)4-18(17)26-20(22)21-9-14-5-15(10-21)7-16(6-14)11-21;11-9-5-6-10(15(12,13)14)8-4-2-1-3-7(8)9/h10-18H,1-9H2,(H,26,27,28);4,8,12,14-16H,5-7,9-11H2,1-3H3,(H,23,24,25);1-6,11H,(H,12,13,14)/p-3. The predicted molar refractivity (Wildman–Crippen MR) is 258 cm³/mol. The lowest BCUT2D eigenvalue weighted by atomic mass is 9.49. The largest absolute Gasteiger partial charge is 0.748 e. The van der Waals surface area contributed by atoms with Crippen LogP contribution < -0.4 is 4.74 Å². The maximum atomic E-state index is 13.5. The van der Waals surface area contributed by atoms with Crippen molar-refractivity contribution < 1.29 is 82.1 Å². The lowest BCUT2D eigenvalue weighted by Gasteiger charge is -2.55. The van der Waals surface area contributed by atoms with Gasteiger partial charge in [0.15, 0.2) is 0 Å². The predicted octanol–water partition coefficient (Wildman–Crippen LogP) is 6.60. The van der Waals surface area contributed by atoms with Crippen LogP contribution in [0.5, 0.6) is 11.5 Å². The van der Waals surface area contributed by atoms with E-state index >= 15 is 0 Å². The molecule has 18 nitrogen and oxygen atoms in total. The van der Waals surface area contributed by atoms with E-state index in [0.717, 1.165) is 44.6 Å². The van der Waals surface area contributed by atoms with Crippen molar-refractivity contribution in [3.8, 4) is 11.5 Å². The molecule has 21 heteroatoms. The van der Waals surface area contributed by atoms with E-state index in [1.165, 1.54) is 56.7 Å². The summed E-state index contributed by atoms with van der Waals surface area (Å²) in [5.41, 5.74) is 0.0906. The van der Waals surface area contributed by atoms with Crippen LogP contribution >= 0.6 is 0 Å². The number of hydrogen-bond acceptors (Lipinski definition) is 18. The zero-order valence-corrected chi connectivity index (χ0v) is 43.8. The highest BCUT2D eigenvalue weighted by Crippen LogP contribution is 2.63. The average Bonchev–Trinajstić information content (AvgIpc) is 3.93. The molecule has 10 saturated carbocycles. The minimum Gasteiger partial charge on any atom is -0.748 e. The Kier molecular flexibility index (Phi) is 13.6. The molecule has 0 radical (unpaired) electrons. The number of carbonyl (C=O) groups is 4. The van der Waals surface area contributed by atoms with Crippen molar-refractivity contribution in [3.05, 3.63) is 59.7 Å². The third kappa shape index (κ3) is 9.97. The summed E-state index contributed by atoms with van der Waals surface area (Å²) in [6.45, 7) is 4.81. The molecule has 3 aromatic rings. The first-order valence-electron chi connectivity index (χ1n) is 25.7. The molecule has 0 aromatic heterocycles. The molecule has 1 saturated heterocycles. The van der Waals surface area contributed by atoms with Crippen molar-refractivity contribution >= 4 is 65.0 Å². The molecule has 0 amide bonds. The van der Waals surface area contributed by atoms with Crippen molar-refractivity contribution in [1.29, 1.82) is 0 Å². The van der Waals surface area contributed by atoms with E-state index in [9.17, 15) is 63.2 Å². The molecule has 11 fully saturated rings. The van der Waals surface area contributed by atoms with Crippen LogP contribution in [0.25, 0.3) is 10.8 Å². The molecule has 1 aliphatic heterocycles. The SMILES string of the molecule is Cc1cc(OC(=O)C23CC4CC(CC(C4)C2)C3)c(C(C)C)cc1S(=O)(=O)[O-].O=C1OC2C3CC(C2OC(=O)C24CC5CC(CC(C5)C2)C4)C(C(=O)OCCS(=O)(=O)[O-])C13.O=S(=O)([O-])c1ccc(O)c2ccccc12. The summed E-state index contributed by atoms with van der Waals surface area (Å²) < 4.78 is 122. The monoisotopic (exact) mass is 1080 g/mol. The average molecular weight is 1080 g/mol. The molecule has 11 aliphatic rings. The second-order valence-electron chi connectivity index (χ2n) is 23.4. The van der Waals surface area contributed by atoms with Crippen molar-refractivity contribution in [3.63, 3.8) is 0 Å². The van der Waals surface area contributed by atoms with Crippen LogP contribution in [0.3, 0.4) is 0 Å². The van der Waals surface area contributed by atoms with Crippen LogP contribution in [0.2, 0.25) is 0 Å². The zero-order valence-electron chi connectivity index (χ0n) is 41.3. The molecule has 3 aromatic carbocycles. The Bertz CT molecular complexity index is 3060. The Morgan fingerprint density at radius 3 is 1.72 bits per heavy atom. The number of aromatic hydroxyl groups is 1. The Morgan fingerprint density at radius 1 is 0.703 bits per heavy atom. The van der Waals surface area contributed by atoms with Gasteiger partial charge in [0.05, 0.1) is 48.3 Å². The van der Waals surface area contributed by atoms with E-state index < -0.39 is 90.0 Å². The maximum absolute atomic E-state index is 13.5. The van der Waals surface area contributed by atoms with Gasteiger partial charge in [-0.1, -0.05) is 38.1 Å².